The molecule has 1 unspecified atom stereocenters. The third-order valence-electron chi connectivity index (χ3n) is 2.96. The van der Waals surface area contributed by atoms with Crippen molar-refractivity contribution in [1.29, 1.82) is 0 Å². The summed E-state index contributed by atoms with van der Waals surface area (Å²) >= 11 is 0. The van der Waals surface area contributed by atoms with E-state index in [-0.39, 0.29) is 11.9 Å². The van der Waals surface area contributed by atoms with Crippen molar-refractivity contribution in [3.8, 4) is 0 Å². The molecule has 94 valence electrons. The molecule has 4 nitrogen and oxygen atoms in total. The summed E-state index contributed by atoms with van der Waals surface area (Å²) in [5, 5.41) is 9.37. The second-order valence-electron chi connectivity index (χ2n) is 5.14. The van der Waals surface area contributed by atoms with Crippen molar-refractivity contribution >= 4 is 5.91 Å². The molecule has 1 rings (SSSR count). The van der Waals surface area contributed by atoms with Gasteiger partial charge in [0.05, 0.1) is 12.6 Å². The van der Waals surface area contributed by atoms with Gasteiger partial charge in [-0.15, -0.1) is 0 Å². The van der Waals surface area contributed by atoms with Crippen LogP contribution in [0.2, 0.25) is 0 Å². The molecule has 0 aromatic heterocycles. The van der Waals surface area contributed by atoms with Gasteiger partial charge in [0.25, 0.3) is 0 Å². The lowest BCUT2D eigenvalue weighted by Gasteiger charge is -2.30. The van der Waals surface area contributed by atoms with Crippen LogP contribution in [0.1, 0.15) is 33.6 Å². The first kappa shape index (κ1) is 13.5. The van der Waals surface area contributed by atoms with Crippen LogP contribution in [-0.2, 0) is 4.79 Å². The maximum Gasteiger partial charge on any atom is 0.237 e. The maximum absolute atomic E-state index is 12.0. The molecule has 0 heterocycles. The predicted molar refractivity (Wildman–Crippen MR) is 64.2 cm³/mol. The number of aliphatic hydroxyl groups is 1. The van der Waals surface area contributed by atoms with Gasteiger partial charge in [0.1, 0.15) is 0 Å². The summed E-state index contributed by atoms with van der Waals surface area (Å²) in [5.74, 6) is 0.116. The normalized spacial score (nSPS) is 17.9. The summed E-state index contributed by atoms with van der Waals surface area (Å²) < 4.78 is 0. The molecule has 1 N–H and O–H groups in total. The monoisotopic (exact) mass is 228 g/mol. The van der Waals surface area contributed by atoms with E-state index >= 15 is 0 Å². The minimum atomic E-state index is -0.461. The van der Waals surface area contributed by atoms with Crippen molar-refractivity contribution in [3.05, 3.63) is 0 Å². The van der Waals surface area contributed by atoms with Gasteiger partial charge in [0.2, 0.25) is 5.91 Å². The lowest BCUT2D eigenvalue weighted by atomic mass is 10.2. The standard InChI is InChI=1S/C12H24N2O2/c1-9(2)14(7-10(3)15)12(16)8-13(4)11-5-6-11/h9-11,15H,5-8H2,1-4H3. The molecule has 1 amide bonds. The van der Waals surface area contributed by atoms with Gasteiger partial charge >= 0.3 is 0 Å². The van der Waals surface area contributed by atoms with Crippen molar-refractivity contribution in [1.82, 2.24) is 9.80 Å². The number of carbonyl (C=O) groups is 1. The molecule has 0 aromatic rings. The Morgan fingerprint density at radius 3 is 2.31 bits per heavy atom. The van der Waals surface area contributed by atoms with Crippen LogP contribution in [0.25, 0.3) is 0 Å². The van der Waals surface area contributed by atoms with Crippen LogP contribution in [-0.4, -0.2) is 59.1 Å². The highest BCUT2D eigenvalue weighted by Crippen LogP contribution is 2.25. The summed E-state index contributed by atoms with van der Waals surface area (Å²) in [6, 6.07) is 0.749. The molecule has 0 radical (unpaired) electrons. The fourth-order valence-corrected chi connectivity index (χ4v) is 1.83. The molecule has 0 aliphatic heterocycles. The van der Waals surface area contributed by atoms with E-state index in [1.165, 1.54) is 12.8 Å². The van der Waals surface area contributed by atoms with Gasteiger partial charge in [-0.25, -0.2) is 0 Å². The number of nitrogens with zero attached hydrogens (tertiary/aromatic N) is 2. The first-order valence-electron chi connectivity index (χ1n) is 6.09. The zero-order valence-electron chi connectivity index (χ0n) is 10.8. The Morgan fingerprint density at radius 2 is 1.94 bits per heavy atom. The van der Waals surface area contributed by atoms with E-state index in [0.29, 0.717) is 19.1 Å². The Bertz CT molecular complexity index is 237. The Hall–Kier alpha value is -0.610. The van der Waals surface area contributed by atoms with Crippen molar-refractivity contribution in [2.75, 3.05) is 20.1 Å². The molecule has 0 bridgehead atoms. The maximum atomic E-state index is 12.0. The number of rotatable bonds is 6. The zero-order chi connectivity index (χ0) is 12.3. The summed E-state index contributed by atoms with van der Waals surface area (Å²) in [7, 11) is 2.00. The van der Waals surface area contributed by atoms with Crippen LogP contribution in [0, 0.1) is 0 Å². The van der Waals surface area contributed by atoms with Crippen molar-refractivity contribution in [2.45, 2.75) is 51.8 Å². The first-order valence-corrected chi connectivity index (χ1v) is 6.09. The molecule has 0 aromatic carbocycles. The lowest BCUT2D eigenvalue weighted by Crippen LogP contribution is -2.46. The minimum absolute atomic E-state index is 0.116. The number of carbonyl (C=O) groups excluding carboxylic acids is 1. The molecule has 1 fully saturated rings. The van der Waals surface area contributed by atoms with Crippen LogP contribution < -0.4 is 0 Å². The van der Waals surface area contributed by atoms with Gasteiger partial charge in [-0.2, -0.15) is 0 Å². The van der Waals surface area contributed by atoms with E-state index in [2.05, 4.69) is 4.90 Å². The Labute approximate surface area is 98.2 Å². The van der Waals surface area contributed by atoms with Crippen molar-refractivity contribution in [3.63, 3.8) is 0 Å². The number of hydrogen-bond donors (Lipinski definition) is 1. The van der Waals surface area contributed by atoms with E-state index in [4.69, 9.17) is 0 Å². The molecular weight excluding hydrogens is 204 g/mol. The first-order chi connectivity index (χ1) is 7.41. The quantitative estimate of drug-likeness (QED) is 0.728. The van der Waals surface area contributed by atoms with Gasteiger partial charge in [-0.1, -0.05) is 0 Å². The fraction of sp³-hybridized carbons (Fsp3) is 0.917. The van der Waals surface area contributed by atoms with E-state index in [0.717, 1.165) is 0 Å². The van der Waals surface area contributed by atoms with Gasteiger partial charge in [0.15, 0.2) is 0 Å². The highest BCUT2D eigenvalue weighted by Gasteiger charge is 2.29. The van der Waals surface area contributed by atoms with Crippen molar-refractivity contribution in [2.24, 2.45) is 0 Å². The summed E-state index contributed by atoms with van der Waals surface area (Å²) in [5.41, 5.74) is 0. The average Bonchev–Trinajstić information content (AvgIpc) is 2.95. The molecule has 1 atom stereocenters. The third-order valence-corrected chi connectivity index (χ3v) is 2.96. The number of aliphatic hydroxyl groups excluding tert-OH is 1. The second kappa shape index (κ2) is 5.64. The average molecular weight is 228 g/mol. The van der Waals surface area contributed by atoms with Gasteiger partial charge in [-0.3, -0.25) is 9.69 Å². The molecule has 0 saturated heterocycles. The Morgan fingerprint density at radius 1 is 1.38 bits per heavy atom. The predicted octanol–water partition coefficient (Wildman–Crippen LogP) is 0.698. The summed E-state index contributed by atoms with van der Waals surface area (Å²) in [6.45, 7) is 6.58. The van der Waals surface area contributed by atoms with Crippen LogP contribution >= 0.6 is 0 Å². The number of amides is 1. The molecule has 16 heavy (non-hydrogen) atoms. The minimum Gasteiger partial charge on any atom is -0.392 e. The fourth-order valence-electron chi connectivity index (χ4n) is 1.83. The molecule has 0 spiro atoms. The summed E-state index contributed by atoms with van der Waals surface area (Å²) in [6.07, 6.45) is 1.96. The van der Waals surface area contributed by atoms with Crippen LogP contribution in [0.15, 0.2) is 0 Å². The van der Waals surface area contributed by atoms with E-state index in [9.17, 15) is 9.90 Å². The smallest absolute Gasteiger partial charge is 0.237 e. The van der Waals surface area contributed by atoms with Gasteiger partial charge in [0, 0.05) is 18.6 Å². The number of hydrogen-bond acceptors (Lipinski definition) is 3. The van der Waals surface area contributed by atoms with Gasteiger partial charge in [-0.05, 0) is 40.7 Å². The molecule has 1 saturated carbocycles. The van der Waals surface area contributed by atoms with E-state index < -0.39 is 6.10 Å². The van der Waals surface area contributed by atoms with Crippen LogP contribution in [0.4, 0.5) is 0 Å². The molecule has 1 aliphatic carbocycles. The molecule has 4 heteroatoms. The topological polar surface area (TPSA) is 43.8 Å². The van der Waals surface area contributed by atoms with E-state index in [1.807, 2.05) is 20.9 Å². The molecular formula is C12H24N2O2. The molecule has 1 aliphatic rings. The lowest BCUT2D eigenvalue weighted by molar-refractivity contribution is -0.135. The highest BCUT2D eigenvalue weighted by molar-refractivity contribution is 5.78. The van der Waals surface area contributed by atoms with Crippen LogP contribution in [0.5, 0.6) is 0 Å². The SMILES string of the molecule is CC(O)CN(C(=O)CN(C)C1CC1)C(C)C. The second-order valence-corrected chi connectivity index (χ2v) is 5.14. The van der Waals surface area contributed by atoms with E-state index in [1.54, 1.807) is 11.8 Å². The largest absolute Gasteiger partial charge is 0.392 e. The van der Waals surface area contributed by atoms with Crippen molar-refractivity contribution < 1.29 is 9.90 Å². The highest BCUT2D eigenvalue weighted by atomic mass is 16.3. The zero-order valence-corrected chi connectivity index (χ0v) is 10.8. The summed E-state index contributed by atoms with van der Waals surface area (Å²) in [4.78, 5) is 15.9. The number of likely N-dealkylation sites (N-methyl/N-ethyl adjacent to an activating group) is 1. The van der Waals surface area contributed by atoms with Gasteiger partial charge < -0.3 is 10.0 Å². The van der Waals surface area contributed by atoms with Crippen LogP contribution in [0.3, 0.4) is 0 Å². The Kier molecular flexibility index (Phi) is 4.74. The Balaban J connectivity index is 2.45. The third kappa shape index (κ3) is 4.10.